The molecule has 0 spiro atoms. The van der Waals surface area contributed by atoms with E-state index in [-0.39, 0.29) is 30.1 Å². The zero-order chi connectivity index (χ0) is 21.3. The Hall–Kier alpha value is -1.63. The second kappa shape index (κ2) is 12.9. The number of nitrogens with one attached hydrogen (secondary N) is 3. The van der Waals surface area contributed by atoms with Gasteiger partial charge in [0, 0.05) is 33.3 Å². The summed E-state index contributed by atoms with van der Waals surface area (Å²) in [5.41, 5.74) is -0.493. The molecule has 1 aliphatic heterocycles. The van der Waals surface area contributed by atoms with Gasteiger partial charge in [0.15, 0.2) is 11.8 Å². The molecule has 1 fully saturated rings. The van der Waals surface area contributed by atoms with Gasteiger partial charge in [-0.1, -0.05) is 0 Å². The van der Waals surface area contributed by atoms with Gasteiger partial charge in [0.25, 0.3) is 0 Å². The van der Waals surface area contributed by atoms with Crippen LogP contribution in [-0.4, -0.2) is 64.8 Å². The average molecular weight is 537 g/mol. The van der Waals surface area contributed by atoms with Crippen molar-refractivity contribution in [2.24, 2.45) is 12.0 Å². The summed E-state index contributed by atoms with van der Waals surface area (Å²) in [6.07, 6.45) is 2.71. The molecule has 1 aromatic rings. The average Bonchev–Trinajstić information content (AvgIpc) is 3.26. The summed E-state index contributed by atoms with van der Waals surface area (Å²) in [7, 11) is 1.93. The number of guanidine groups is 1. The van der Waals surface area contributed by atoms with Crippen LogP contribution in [-0.2, 0) is 23.1 Å². The molecule has 2 heterocycles. The van der Waals surface area contributed by atoms with E-state index in [0.717, 1.165) is 37.5 Å². The van der Waals surface area contributed by atoms with Crippen LogP contribution in [0.2, 0.25) is 0 Å². The van der Waals surface area contributed by atoms with Gasteiger partial charge in [-0.2, -0.15) is 0 Å². The lowest BCUT2D eigenvalue weighted by Gasteiger charge is -2.19. The number of carbonyl (C=O) groups is 1. The van der Waals surface area contributed by atoms with Crippen molar-refractivity contribution >= 4 is 36.0 Å². The fourth-order valence-corrected chi connectivity index (χ4v) is 2.73. The van der Waals surface area contributed by atoms with Crippen LogP contribution in [0.1, 0.15) is 51.7 Å². The highest BCUT2D eigenvalue weighted by Gasteiger charge is 2.16. The molecule has 1 unspecified atom stereocenters. The van der Waals surface area contributed by atoms with E-state index in [4.69, 9.17) is 9.47 Å². The summed E-state index contributed by atoms with van der Waals surface area (Å²) < 4.78 is 12.8. The van der Waals surface area contributed by atoms with E-state index in [1.54, 1.807) is 0 Å². The summed E-state index contributed by atoms with van der Waals surface area (Å²) in [5.74, 6) is 2.34. The minimum absolute atomic E-state index is 0. The van der Waals surface area contributed by atoms with Crippen LogP contribution in [0.3, 0.4) is 0 Å². The summed E-state index contributed by atoms with van der Waals surface area (Å²) in [6.45, 7) is 10.6. The van der Waals surface area contributed by atoms with E-state index >= 15 is 0 Å². The molecule has 0 aromatic carbocycles. The van der Waals surface area contributed by atoms with Crippen molar-refractivity contribution in [3.63, 3.8) is 0 Å². The summed E-state index contributed by atoms with van der Waals surface area (Å²) in [4.78, 5) is 16.3. The lowest BCUT2D eigenvalue weighted by atomic mass is 10.2. The van der Waals surface area contributed by atoms with Crippen LogP contribution in [0.25, 0.3) is 0 Å². The highest BCUT2D eigenvalue weighted by Crippen LogP contribution is 2.10. The Balaban J connectivity index is 0.00000450. The third-order valence-electron chi connectivity index (χ3n) is 4.40. The number of halogens is 1. The minimum atomic E-state index is -0.493. The van der Waals surface area contributed by atoms with Gasteiger partial charge < -0.3 is 30.0 Å². The molecule has 0 aliphatic carbocycles. The Kier molecular flexibility index (Phi) is 11.4. The second-order valence-corrected chi connectivity index (χ2v) is 8.11. The Labute approximate surface area is 196 Å². The maximum atomic E-state index is 11.7. The number of hydrogen-bond acceptors (Lipinski definition) is 6. The van der Waals surface area contributed by atoms with E-state index in [0.29, 0.717) is 32.1 Å². The number of aryl methyl sites for hydroxylation is 1. The smallest absolute Gasteiger partial charge is 0.407 e. The van der Waals surface area contributed by atoms with E-state index in [9.17, 15) is 4.79 Å². The van der Waals surface area contributed by atoms with Gasteiger partial charge in [0.2, 0.25) is 0 Å². The first-order valence-electron chi connectivity index (χ1n) is 10.2. The maximum Gasteiger partial charge on any atom is 0.407 e. The number of hydrogen-bond donors (Lipinski definition) is 3. The minimum Gasteiger partial charge on any atom is -0.444 e. The third kappa shape index (κ3) is 9.92. The van der Waals surface area contributed by atoms with Crippen molar-refractivity contribution in [2.45, 2.75) is 65.2 Å². The van der Waals surface area contributed by atoms with Crippen LogP contribution in [0, 0.1) is 6.92 Å². The van der Waals surface area contributed by atoms with Crippen LogP contribution in [0.4, 0.5) is 4.79 Å². The molecule has 0 radical (unpaired) electrons. The van der Waals surface area contributed by atoms with Crippen molar-refractivity contribution in [3.8, 4) is 0 Å². The number of aliphatic imine (C=N–C) groups is 1. The molecule has 1 aromatic heterocycles. The van der Waals surface area contributed by atoms with Gasteiger partial charge in [-0.3, -0.25) is 0 Å². The Morgan fingerprint density at radius 2 is 2.00 bits per heavy atom. The van der Waals surface area contributed by atoms with Crippen molar-refractivity contribution < 1.29 is 14.3 Å². The van der Waals surface area contributed by atoms with Crippen LogP contribution < -0.4 is 16.0 Å². The predicted molar refractivity (Wildman–Crippen MR) is 126 cm³/mol. The molecule has 10 nitrogen and oxygen atoms in total. The number of alkyl carbamates (subject to hydrolysis) is 1. The van der Waals surface area contributed by atoms with Gasteiger partial charge in [-0.05, 0) is 47.0 Å². The molecule has 172 valence electrons. The number of ether oxygens (including phenoxy) is 2. The van der Waals surface area contributed by atoms with Gasteiger partial charge in [-0.15, -0.1) is 34.2 Å². The highest BCUT2D eigenvalue weighted by atomic mass is 127. The molecule has 0 saturated carbocycles. The van der Waals surface area contributed by atoms with E-state index in [2.05, 4.69) is 31.1 Å². The first kappa shape index (κ1) is 26.4. The molecule has 0 bridgehead atoms. The number of rotatable bonds is 8. The first-order valence-corrected chi connectivity index (χ1v) is 10.2. The normalized spacial score (nSPS) is 16.7. The molecule has 3 N–H and O–H groups in total. The lowest BCUT2D eigenvalue weighted by Crippen LogP contribution is -2.42. The zero-order valence-corrected chi connectivity index (χ0v) is 21.0. The number of carbonyl (C=O) groups excluding carboxylic acids is 1. The monoisotopic (exact) mass is 537 g/mol. The summed E-state index contributed by atoms with van der Waals surface area (Å²) in [5, 5.41) is 17.6. The van der Waals surface area contributed by atoms with Crippen LogP contribution >= 0.6 is 24.0 Å². The molecule has 30 heavy (non-hydrogen) atoms. The van der Waals surface area contributed by atoms with Gasteiger partial charge in [0.05, 0.1) is 6.10 Å². The molecular weight excluding hydrogens is 501 g/mol. The van der Waals surface area contributed by atoms with Crippen LogP contribution in [0.5, 0.6) is 0 Å². The molecular formula is C19H36IN7O3. The number of amides is 1. The highest BCUT2D eigenvalue weighted by molar-refractivity contribution is 14.0. The summed E-state index contributed by atoms with van der Waals surface area (Å²) in [6, 6.07) is 0. The largest absolute Gasteiger partial charge is 0.444 e. The molecule has 1 amide bonds. The van der Waals surface area contributed by atoms with Crippen molar-refractivity contribution in [2.75, 3.05) is 26.2 Å². The van der Waals surface area contributed by atoms with Gasteiger partial charge in [-0.25, -0.2) is 9.79 Å². The summed E-state index contributed by atoms with van der Waals surface area (Å²) >= 11 is 0. The SMILES string of the molecule is Cc1nnc(CN=C(NCCCNC(=O)OC(C)(C)C)NCC2CCCO2)n1C.I. The molecule has 1 aliphatic rings. The predicted octanol–water partition coefficient (Wildman–Crippen LogP) is 1.87. The topological polar surface area (TPSA) is 115 Å². The molecule has 2 rings (SSSR count). The maximum absolute atomic E-state index is 11.7. The fourth-order valence-electron chi connectivity index (χ4n) is 2.73. The first-order chi connectivity index (χ1) is 13.7. The number of nitrogens with zero attached hydrogens (tertiary/aromatic N) is 4. The molecule has 11 heteroatoms. The van der Waals surface area contributed by atoms with Crippen molar-refractivity contribution in [1.29, 1.82) is 0 Å². The van der Waals surface area contributed by atoms with E-state index in [1.807, 2.05) is 39.3 Å². The molecule has 1 atom stereocenters. The van der Waals surface area contributed by atoms with Crippen molar-refractivity contribution in [1.82, 2.24) is 30.7 Å². The van der Waals surface area contributed by atoms with Crippen molar-refractivity contribution in [3.05, 3.63) is 11.6 Å². The Morgan fingerprint density at radius 1 is 1.27 bits per heavy atom. The lowest BCUT2D eigenvalue weighted by molar-refractivity contribution is 0.0527. The third-order valence-corrected chi connectivity index (χ3v) is 4.40. The molecule has 1 saturated heterocycles. The van der Waals surface area contributed by atoms with E-state index in [1.165, 1.54) is 0 Å². The van der Waals surface area contributed by atoms with Gasteiger partial charge >= 0.3 is 6.09 Å². The fraction of sp³-hybridized carbons (Fsp3) is 0.789. The Bertz CT molecular complexity index is 682. The quantitative estimate of drug-likeness (QED) is 0.201. The second-order valence-electron chi connectivity index (χ2n) is 8.11. The van der Waals surface area contributed by atoms with Crippen LogP contribution in [0.15, 0.2) is 4.99 Å². The standard InChI is InChI=1S/C19H35N7O3.HI/c1-14-24-25-16(26(14)5)13-23-17(22-12-15-8-6-11-28-15)20-9-7-10-21-18(27)29-19(2,3)4;/h15H,6-13H2,1-5H3,(H,21,27)(H2,20,22,23);1H. The van der Waals surface area contributed by atoms with E-state index < -0.39 is 11.7 Å². The zero-order valence-electron chi connectivity index (χ0n) is 18.7. The Morgan fingerprint density at radius 3 is 2.60 bits per heavy atom. The van der Waals surface area contributed by atoms with Gasteiger partial charge in [0.1, 0.15) is 18.0 Å². The number of aromatic nitrogens is 3.